The van der Waals surface area contributed by atoms with E-state index in [9.17, 15) is 5.11 Å². The lowest BCUT2D eigenvalue weighted by Crippen LogP contribution is -2.30. The quantitative estimate of drug-likeness (QED) is 0.634. The first-order valence-corrected chi connectivity index (χ1v) is 6.41. The molecule has 1 aliphatic heterocycles. The maximum Gasteiger partial charge on any atom is 0.266 e. The number of hydrogen-bond acceptors (Lipinski definition) is 6. The number of anilines is 2. The van der Waals surface area contributed by atoms with Gasteiger partial charge < -0.3 is 20.3 Å². The van der Waals surface area contributed by atoms with Crippen LogP contribution in [0.3, 0.4) is 0 Å². The largest absolute Gasteiger partial charge is 0.506 e. The molecule has 0 radical (unpaired) electrons. The highest BCUT2D eigenvalue weighted by Crippen LogP contribution is 2.28. The molecule has 6 heteroatoms. The van der Waals surface area contributed by atoms with E-state index in [0.717, 1.165) is 25.9 Å². The number of rotatable bonds is 2. The zero-order valence-corrected chi connectivity index (χ0v) is 10.5. The van der Waals surface area contributed by atoms with Gasteiger partial charge in [0.05, 0.1) is 5.69 Å². The smallest absolute Gasteiger partial charge is 0.266 e. The summed E-state index contributed by atoms with van der Waals surface area (Å²) in [4.78, 5) is 6.51. The van der Waals surface area contributed by atoms with Gasteiger partial charge in [0.2, 0.25) is 0 Å². The van der Waals surface area contributed by atoms with E-state index < -0.39 is 0 Å². The van der Waals surface area contributed by atoms with Gasteiger partial charge in [-0.25, -0.2) is 0 Å². The van der Waals surface area contributed by atoms with Crippen LogP contribution < -0.4 is 10.6 Å². The van der Waals surface area contributed by atoms with Crippen molar-refractivity contribution in [2.45, 2.75) is 19.3 Å². The first-order valence-electron chi connectivity index (χ1n) is 6.41. The Hall–Kier alpha value is -2.24. The standard InChI is InChI=1S/C13H16N4O2/c14-10-8-9(4-5-11(10)18)12-15-13(16-19-12)17-6-2-1-3-7-17/h4-5,8,18H,1-3,6-7,14H2. The second kappa shape index (κ2) is 4.79. The molecule has 1 fully saturated rings. The Morgan fingerprint density at radius 1 is 1.21 bits per heavy atom. The minimum Gasteiger partial charge on any atom is -0.506 e. The van der Waals surface area contributed by atoms with Gasteiger partial charge in [-0.2, -0.15) is 4.98 Å². The van der Waals surface area contributed by atoms with Gasteiger partial charge in [0.15, 0.2) is 0 Å². The molecule has 19 heavy (non-hydrogen) atoms. The monoisotopic (exact) mass is 260 g/mol. The van der Waals surface area contributed by atoms with Gasteiger partial charge in [-0.3, -0.25) is 0 Å². The van der Waals surface area contributed by atoms with E-state index in [4.69, 9.17) is 10.3 Å². The number of piperidine rings is 1. The van der Waals surface area contributed by atoms with Crippen LogP contribution in [-0.4, -0.2) is 28.3 Å². The summed E-state index contributed by atoms with van der Waals surface area (Å²) in [5.41, 5.74) is 6.67. The molecule has 1 aliphatic rings. The van der Waals surface area contributed by atoms with Crippen molar-refractivity contribution in [1.29, 1.82) is 0 Å². The van der Waals surface area contributed by atoms with E-state index >= 15 is 0 Å². The second-order valence-corrected chi connectivity index (χ2v) is 4.72. The van der Waals surface area contributed by atoms with E-state index in [-0.39, 0.29) is 5.75 Å². The van der Waals surface area contributed by atoms with Crippen molar-refractivity contribution in [2.24, 2.45) is 0 Å². The fourth-order valence-corrected chi connectivity index (χ4v) is 2.24. The van der Waals surface area contributed by atoms with Crippen LogP contribution in [0.5, 0.6) is 5.75 Å². The molecule has 0 atom stereocenters. The van der Waals surface area contributed by atoms with Crippen LogP contribution in [0.2, 0.25) is 0 Å². The topological polar surface area (TPSA) is 88.4 Å². The lowest BCUT2D eigenvalue weighted by Gasteiger charge is -2.24. The molecule has 1 aromatic carbocycles. The number of phenols is 1. The molecule has 2 heterocycles. The van der Waals surface area contributed by atoms with Gasteiger partial charge in [-0.15, -0.1) is 0 Å². The fourth-order valence-electron chi connectivity index (χ4n) is 2.24. The zero-order chi connectivity index (χ0) is 13.2. The first kappa shape index (κ1) is 11.8. The average molecular weight is 260 g/mol. The fraction of sp³-hybridized carbons (Fsp3) is 0.385. The van der Waals surface area contributed by atoms with E-state index in [1.165, 1.54) is 12.5 Å². The molecule has 6 nitrogen and oxygen atoms in total. The van der Waals surface area contributed by atoms with Crippen LogP contribution in [0, 0.1) is 0 Å². The maximum atomic E-state index is 9.40. The van der Waals surface area contributed by atoms with Crippen molar-refractivity contribution in [2.75, 3.05) is 23.7 Å². The molecular formula is C13H16N4O2. The predicted octanol–water partition coefficient (Wildman–Crippen LogP) is 2.01. The number of nitrogen functional groups attached to an aromatic ring is 1. The van der Waals surface area contributed by atoms with E-state index in [1.807, 2.05) is 0 Å². The highest BCUT2D eigenvalue weighted by molar-refractivity contribution is 5.65. The summed E-state index contributed by atoms with van der Waals surface area (Å²) >= 11 is 0. The lowest BCUT2D eigenvalue weighted by molar-refractivity contribution is 0.426. The van der Waals surface area contributed by atoms with Crippen LogP contribution in [-0.2, 0) is 0 Å². The minimum absolute atomic E-state index is 0.0551. The van der Waals surface area contributed by atoms with E-state index in [0.29, 0.717) is 23.1 Å². The highest BCUT2D eigenvalue weighted by atomic mass is 16.5. The number of aromatic nitrogens is 2. The third kappa shape index (κ3) is 2.33. The third-order valence-corrected chi connectivity index (χ3v) is 3.33. The average Bonchev–Trinajstić information content (AvgIpc) is 2.93. The number of aromatic hydroxyl groups is 1. The number of nitrogens with two attached hydrogens (primary N) is 1. The molecule has 0 amide bonds. The van der Waals surface area contributed by atoms with Crippen molar-refractivity contribution in [3.05, 3.63) is 18.2 Å². The molecule has 0 saturated carbocycles. The molecule has 1 saturated heterocycles. The van der Waals surface area contributed by atoms with Gasteiger partial charge in [-0.05, 0) is 42.6 Å². The van der Waals surface area contributed by atoms with Gasteiger partial charge in [0.1, 0.15) is 5.75 Å². The van der Waals surface area contributed by atoms with Crippen LogP contribution in [0.1, 0.15) is 19.3 Å². The minimum atomic E-state index is 0.0551. The molecule has 3 rings (SSSR count). The van der Waals surface area contributed by atoms with Crippen molar-refractivity contribution >= 4 is 11.6 Å². The highest BCUT2D eigenvalue weighted by Gasteiger charge is 2.17. The Morgan fingerprint density at radius 3 is 2.74 bits per heavy atom. The SMILES string of the molecule is Nc1cc(-c2nc(N3CCCCC3)no2)ccc1O. The molecule has 1 aromatic heterocycles. The van der Waals surface area contributed by atoms with Crippen LogP contribution in [0.4, 0.5) is 11.6 Å². The van der Waals surface area contributed by atoms with Crippen molar-refractivity contribution < 1.29 is 9.63 Å². The van der Waals surface area contributed by atoms with Crippen LogP contribution >= 0.6 is 0 Å². The molecular weight excluding hydrogens is 244 g/mol. The van der Waals surface area contributed by atoms with Crippen LogP contribution in [0.15, 0.2) is 22.7 Å². The summed E-state index contributed by atoms with van der Waals surface area (Å²) < 4.78 is 5.26. The third-order valence-electron chi connectivity index (χ3n) is 3.33. The number of nitrogens with zero attached hydrogens (tertiary/aromatic N) is 3. The molecule has 2 aromatic rings. The number of phenolic OH excluding ortho intramolecular Hbond substituents is 1. The number of benzene rings is 1. The van der Waals surface area contributed by atoms with Crippen molar-refractivity contribution in [3.8, 4) is 17.2 Å². The van der Waals surface area contributed by atoms with Gasteiger partial charge in [0.25, 0.3) is 11.8 Å². The Balaban J connectivity index is 1.85. The van der Waals surface area contributed by atoms with Crippen molar-refractivity contribution in [3.63, 3.8) is 0 Å². The Labute approximate surface area is 110 Å². The molecule has 100 valence electrons. The van der Waals surface area contributed by atoms with Gasteiger partial charge in [-0.1, -0.05) is 0 Å². The summed E-state index contributed by atoms with van der Waals surface area (Å²) in [5.74, 6) is 1.10. The van der Waals surface area contributed by atoms with E-state index in [1.54, 1.807) is 12.1 Å². The van der Waals surface area contributed by atoms with Crippen molar-refractivity contribution in [1.82, 2.24) is 10.1 Å². The van der Waals surface area contributed by atoms with Gasteiger partial charge in [0, 0.05) is 18.7 Å². The Bertz CT molecular complexity index is 576. The lowest BCUT2D eigenvalue weighted by atomic mass is 10.1. The summed E-state index contributed by atoms with van der Waals surface area (Å²) in [5, 5.41) is 13.4. The Morgan fingerprint density at radius 2 is 2.00 bits per heavy atom. The molecule has 0 bridgehead atoms. The summed E-state index contributed by atoms with van der Waals surface area (Å²) in [6.07, 6.45) is 3.59. The van der Waals surface area contributed by atoms with Crippen LogP contribution in [0.25, 0.3) is 11.5 Å². The molecule has 0 spiro atoms. The molecule has 0 unspecified atom stereocenters. The first-order chi connectivity index (χ1) is 9.24. The number of hydrogen-bond donors (Lipinski definition) is 2. The Kier molecular flexibility index (Phi) is 2.98. The second-order valence-electron chi connectivity index (χ2n) is 4.72. The summed E-state index contributed by atoms with van der Waals surface area (Å²) in [6, 6.07) is 4.86. The van der Waals surface area contributed by atoms with Gasteiger partial charge >= 0.3 is 0 Å². The molecule has 3 N–H and O–H groups in total. The predicted molar refractivity (Wildman–Crippen MR) is 71.9 cm³/mol. The maximum absolute atomic E-state index is 9.40. The van der Waals surface area contributed by atoms with E-state index in [2.05, 4.69) is 15.0 Å². The summed E-state index contributed by atoms with van der Waals surface area (Å²) in [6.45, 7) is 1.94. The molecule has 0 aliphatic carbocycles. The zero-order valence-electron chi connectivity index (χ0n) is 10.5. The summed E-state index contributed by atoms with van der Waals surface area (Å²) in [7, 11) is 0. The normalized spacial score (nSPS) is 15.7.